The largest absolute Gasteiger partial charge is 0.494 e. The molecule has 1 saturated heterocycles. The first kappa shape index (κ1) is 21.2. The number of thioether (sulfide) groups is 1. The molecular weight excluding hydrogens is 410 g/mol. The molecule has 1 aliphatic heterocycles. The van der Waals surface area contributed by atoms with Crippen LogP contribution in [0.15, 0.2) is 53.5 Å². The van der Waals surface area contributed by atoms with E-state index in [4.69, 9.17) is 16.3 Å². The van der Waals surface area contributed by atoms with Gasteiger partial charge < -0.3 is 10.1 Å². The predicted molar refractivity (Wildman–Crippen MR) is 118 cm³/mol. The van der Waals surface area contributed by atoms with Crippen molar-refractivity contribution in [2.45, 2.75) is 25.5 Å². The van der Waals surface area contributed by atoms with E-state index in [9.17, 15) is 9.59 Å². The molecule has 2 amide bonds. The lowest BCUT2D eigenvalue weighted by molar-refractivity contribution is -0.129. The van der Waals surface area contributed by atoms with Crippen molar-refractivity contribution in [3.63, 3.8) is 0 Å². The van der Waals surface area contributed by atoms with Gasteiger partial charge in [-0.05, 0) is 50.2 Å². The molecular formula is C21H22ClN3O3S. The minimum absolute atomic E-state index is 0.108. The molecule has 1 fully saturated rings. The van der Waals surface area contributed by atoms with Crippen LogP contribution in [0.25, 0.3) is 0 Å². The van der Waals surface area contributed by atoms with Crippen molar-refractivity contribution in [2.24, 2.45) is 4.99 Å². The number of anilines is 1. The molecule has 0 aliphatic carbocycles. The maximum absolute atomic E-state index is 12.7. The Morgan fingerprint density at radius 1 is 1.24 bits per heavy atom. The van der Waals surface area contributed by atoms with E-state index in [2.05, 4.69) is 10.3 Å². The minimum Gasteiger partial charge on any atom is -0.494 e. The molecule has 8 heteroatoms. The van der Waals surface area contributed by atoms with E-state index < -0.39 is 5.25 Å². The molecule has 0 radical (unpaired) electrons. The highest BCUT2D eigenvalue weighted by Gasteiger charge is 2.35. The van der Waals surface area contributed by atoms with Gasteiger partial charge in [-0.1, -0.05) is 35.5 Å². The molecule has 0 aromatic heterocycles. The zero-order chi connectivity index (χ0) is 20.8. The Kier molecular flexibility index (Phi) is 7.17. The third kappa shape index (κ3) is 5.31. The second-order valence-electron chi connectivity index (χ2n) is 6.24. The summed E-state index contributed by atoms with van der Waals surface area (Å²) < 4.78 is 5.44. The summed E-state index contributed by atoms with van der Waals surface area (Å²) >= 11 is 7.40. The molecule has 1 heterocycles. The third-order valence-corrected chi connectivity index (χ3v) is 5.77. The minimum atomic E-state index is -0.581. The number of carbonyl (C=O) groups is 2. The lowest BCUT2D eigenvalue weighted by atomic mass is 10.2. The van der Waals surface area contributed by atoms with Crippen molar-refractivity contribution >= 4 is 51.7 Å². The maximum atomic E-state index is 12.7. The number of amidine groups is 1. The fraction of sp³-hybridized carbons (Fsp3) is 0.286. The zero-order valence-electron chi connectivity index (χ0n) is 16.2. The Hall–Kier alpha value is -2.51. The van der Waals surface area contributed by atoms with E-state index in [1.807, 2.05) is 38.1 Å². The first-order valence-electron chi connectivity index (χ1n) is 9.35. The molecule has 1 N–H and O–H groups in total. The van der Waals surface area contributed by atoms with Crippen molar-refractivity contribution < 1.29 is 14.3 Å². The number of nitrogens with zero attached hydrogens (tertiary/aromatic N) is 2. The van der Waals surface area contributed by atoms with Crippen LogP contribution in [0.5, 0.6) is 5.75 Å². The van der Waals surface area contributed by atoms with Gasteiger partial charge in [0.15, 0.2) is 5.17 Å². The Labute approximate surface area is 179 Å². The molecule has 1 aliphatic rings. The van der Waals surface area contributed by atoms with E-state index in [0.717, 1.165) is 5.75 Å². The summed E-state index contributed by atoms with van der Waals surface area (Å²) in [6, 6.07) is 14.3. The first-order chi connectivity index (χ1) is 14.0. The first-order valence-corrected chi connectivity index (χ1v) is 10.6. The van der Waals surface area contributed by atoms with Crippen molar-refractivity contribution in [3.05, 3.63) is 53.6 Å². The van der Waals surface area contributed by atoms with E-state index >= 15 is 0 Å². The predicted octanol–water partition coefficient (Wildman–Crippen LogP) is 4.72. The average molecular weight is 432 g/mol. The Morgan fingerprint density at radius 3 is 2.62 bits per heavy atom. The highest BCUT2D eigenvalue weighted by atomic mass is 35.5. The lowest BCUT2D eigenvalue weighted by Crippen LogP contribution is -2.45. The van der Waals surface area contributed by atoms with Crippen LogP contribution in [-0.4, -0.2) is 40.3 Å². The van der Waals surface area contributed by atoms with Crippen LogP contribution >= 0.6 is 23.4 Å². The summed E-state index contributed by atoms with van der Waals surface area (Å²) in [5.41, 5.74) is 1.21. The molecule has 0 saturated carbocycles. The topological polar surface area (TPSA) is 71.0 Å². The number of hydrogen-bond acceptors (Lipinski definition) is 5. The van der Waals surface area contributed by atoms with Crippen molar-refractivity contribution in [2.75, 3.05) is 18.5 Å². The summed E-state index contributed by atoms with van der Waals surface area (Å²) in [5.74, 6) is 0.356. The molecule has 2 aromatic rings. The van der Waals surface area contributed by atoms with Gasteiger partial charge in [0, 0.05) is 13.0 Å². The van der Waals surface area contributed by atoms with E-state index in [-0.39, 0.29) is 18.2 Å². The summed E-state index contributed by atoms with van der Waals surface area (Å²) in [5, 5.41) is 3.18. The molecule has 1 atom stereocenters. The number of rotatable bonds is 6. The molecule has 0 bridgehead atoms. The van der Waals surface area contributed by atoms with Crippen LogP contribution in [0.4, 0.5) is 11.4 Å². The van der Waals surface area contributed by atoms with Crippen molar-refractivity contribution in [3.8, 4) is 5.75 Å². The number of hydrogen-bond donors (Lipinski definition) is 1. The Morgan fingerprint density at radius 2 is 1.97 bits per heavy atom. The maximum Gasteiger partial charge on any atom is 0.238 e. The smallest absolute Gasteiger partial charge is 0.238 e. The van der Waals surface area contributed by atoms with E-state index in [1.54, 1.807) is 29.2 Å². The highest BCUT2D eigenvalue weighted by molar-refractivity contribution is 8.15. The zero-order valence-corrected chi connectivity index (χ0v) is 17.8. The SMILES string of the molecule is CCOc1ccc(N=C2SC(C(=O)Nc3ccccc3Cl)CC(=O)N2CC)cc1. The number of nitrogens with one attached hydrogen (secondary N) is 1. The number of aliphatic imine (C=N–C) groups is 1. The fourth-order valence-electron chi connectivity index (χ4n) is 2.82. The van der Waals surface area contributed by atoms with Gasteiger partial charge in [-0.25, -0.2) is 4.99 Å². The lowest BCUT2D eigenvalue weighted by Gasteiger charge is -2.31. The normalized spacial score (nSPS) is 18.0. The molecule has 29 heavy (non-hydrogen) atoms. The van der Waals surface area contributed by atoms with Gasteiger partial charge in [-0.3, -0.25) is 14.5 Å². The number of carbonyl (C=O) groups excluding carboxylic acids is 2. The molecule has 1 unspecified atom stereocenters. The van der Waals surface area contributed by atoms with E-state index in [0.29, 0.717) is 34.7 Å². The molecule has 152 valence electrons. The van der Waals surface area contributed by atoms with Crippen LogP contribution in [0.3, 0.4) is 0 Å². The highest BCUT2D eigenvalue weighted by Crippen LogP contribution is 2.31. The van der Waals surface area contributed by atoms with Gasteiger partial charge in [0.2, 0.25) is 11.8 Å². The molecule has 6 nitrogen and oxygen atoms in total. The number of amides is 2. The molecule has 2 aromatic carbocycles. The number of halogens is 1. The quantitative estimate of drug-likeness (QED) is 0.718. The van der Waals surface area contributed by atoms with E-state index in [1.165, 1.54) is 11.8 Å². The van der Waals surface area contributed by atoms with Crippen LogP contribution in [0, 0.1) is 0 Å². The summed E-state index contributed by atoms with van der Waals surface area (Å²) in [6.45, 7) is 4.88. The second-order valence-corrected chi connectivity index (χ2v) is 7.82. The second kappa shape index (κ2) is 9.80. The van der Waals surface area contributed by atoms with Gasteiger partial charge in [0.25, 0.3) is 0 Å². The van der Waals surface area contributed by atoms with Gasteiger partial charge >= 0.3 is 0 Å². The van der Waals surface area contributed by atoms with Crippen LogP contribution in [0.2, 0.25) is 5.02 Å². The Bertz CT molecular complexity index is 918. The standard InChI is InChI=1S/C21H22ClN3O3S/c1-3-25-19(26)13-18(20(27)24-17-8-6-5-7-16(17)22)29-21(25)23-14-9-11-15(12-10-14)28-4-2/h5-12,18H,3-4,13H2,1-2H3,(H,24,27). The number of benzene rings is 2. The van der Waals surface area contributed by atoms with Crippen LogP contribution < -0.4 is 10.1 Å². The van der Waals surface area contributed by atoms with Crippen LogP contribution in [0.1, 0.15) is 20.3 Å². The summed E-state index contributed by atoms with van der Waals surface area (Å²) in [7, 11) is 0. The molecule has 0 spiro atoms. The monoisotopic (exact) mass is 431 g/mol. The van der Waals surface area contributed by atoms with Gasteiger partial charge in [-0.15, -0.1) is 0 Å². The van der Waals surface area contributed by atoms with Gasteiger partial charge in [-0.2, -0.15) is 0 Å². The van der Waals surface area contributed by atoms with Crippen LogP contribution in [-0.2, 0) is 9.59 Å². The number of ether oxygens (including phenoxy) is 1. The number of para-hydroxylation sites is 1. The molecule has 3 rings (SSSR count). The average Bonchev–Trinajstić information content (AvgIpc) is 2.71. The van der Waals surface area contributed by atoms with Crippen molar-refractivity contribution in [1.82, 2.24) is 4.90 Å². The Balaban J connectivity index is 1.79. The van der Waals surface area contributed by atoms with Gasteiger partial charge in [0.1, 0.15) is 11.0 Å². The van der Waals surface area contributed by atoms with Crippen molar-refractivity contribution in [1.29, 1.82) is 0 Å². The van der Waals surface area contributed by atoms with Gasteiger partial charge in [0.05, 0.1) is 23.0 Å². The summed E-state index contributed by atoms with van der Waals surface area (Å²) in [6.07, 6.45) is 0.108. The third-order valence-electron chi connectivity index (χ3n) is 4.25. The summed E-state index contributed by atoms with van der Waals surface area (Å²) in [4.78, 5) is 31.5. The fourth-order valence-corrected chi connectivity index (χ4v) is 4.17.